The molecular formula is C12H12N2. The van der Waals surface area contributed by atoms with Gasteiger partial charge in [-0.15, -0.1) is 0 Å². The topological polar surface area (TPSA) is 41.8 Å². The summed E-state index contributed by atoms with van der Waals surface area (Å²) in [5.74, 6) is 0. The van der Waals surface area contributed by atoms with Crippen LogP contribution in [0.25, 0.3) is 23.1 Å². The molecule has 1 aromatic carbocycles. The number of fused-ring (bicyclic) bond motifs is 1. The Labute approximate surface area is 82.7 Å². The van der Waals surface area contributed by atoms with Crippen molar-refractivity contribution in [3.63, 3.8) is 0 Å². The van der Waals surface area contributed by atoms with Crippen molar-refractivity contribution >= 4 is 23.1 Å². The number of hydrogen-bond acceptors (Lipinski definition) is 1. The van der Waals surface area contributed by atoms with Crippen LogP contribution in [-0.2, 0) is 0 Å². The quantitative estimate of drug-likeness (QED) is 0.740. The van der Waals surface area contributed by atoms with Crippen molar-refractivity contribution < 1.29 is 0 Å². The smallest absolute Gasteiger partial charge is 0.0479 e. The van der Waals surface area contributed by atoms with Gasteiger partial charge in [0.25, 0.3) is 0 Å². The fourth-order valence-electron chi connectivity index (χ4n) is 1.63. The Bertz CT molecular complexity index is 492. The molecule has 0 fully saturated rings. The van der Waals surface area contributed by atoms with Gasteiger partial charge in [0, 0.05) is 22.2 Å². The molecule has 0 bridgehead atoms. The summed E-state index contributed by atoms with van der Waals surface area (Å²) >= 11 is 0. The maximum absolute atomic E-state index is 5.37. The molecule has 0 aliphatic carbocycles. The second-order valence-electron chi connectivity index (χ2n) is 3.06. The van der Waals surface area contributed by atoms with Gasteiger partial charge in [-0.1, -0.05) is 30.9 Å². The highest BCUT2D eigenvalue weighted by molar-refractivity contribution is 5.92. The van der Waals surface area contributed by atoms with Crippen LogP contribution in [0.4, 0.5) is 0 Å². The van der Waals surface area contributed by atoms with Gasteiger partial charge >= 0.3 is 0 Å². The molecule has 0 saturated heterocycles. The molecule has 0 spiro atoms. The highest BCUT2D eigenvalue weighted by Gasteiger charge is 2.04. The lowest BCUT2D eigenvalue weighted by molar-refractivity contribution is 1.41. The Morgan fingerprint density at radius 3 is 2.79 bits per heavy atom. The van der Waals surface area contributed by atoms with Gasteiger partial charge in [0.15, 0.2) is 0 Å². The van der Waals surface area contributed by atoms with E-state index in [9.17, 15) is 0 Å². The van der Waals surface area contributed by atoms with Gasteiger partial charge in [0.2, 0.25) is 0 Å². The van der Waals surface area contributed by atoms with Crippen LogP contribution >= 0.6 is 0 Å². The first-order valence-corrected chi connectivity index (χ1v) is 4.48. The molecule has 0 unspecified atom stereocenters. The number of rotatable bonds is 2. The lowest BCUT2D eigenvalue weighted by atomic mass is 10.1. The minimum absolute atomic E-state index is 1.00. The summed E-state index contributed by atoms with van der Waals surface area (Å²) in [7, 11) is 0. The number of benzene rings is 1. The number of para-hydroxylation sites is 1. The van der Waals surface area contributed by atoms with E-state index in [4.69, 9.17) is 5.73 Å². The van der Waals surface area contributed by atoms with Gasteiger partial charge in [0.05, 0.1) is 0 Å². The van der Waals surface area contributed by atoms with Gasteiger partial charge in [-0.05, 0) is 18.3 Å². The highest BCUT2D eigenvalue weighted by atomic mass is 14.7. The van der Waals surface area contributed by atoms with Gasteiger partial charge in [-0.3, -0.25) is 0 Å². The average Bonchev–Trinajstić information content (AvgIpc) is 2.55. The first kappa shape index (κ1) is 8.63. The molecule has 0 amide bonds. The number of H-pyrrole nitrogens is 1. The van der Waals surface area contributed by atoms with Crippen LogP contribution < -0.4 is 5.73 Å². The molecule has 70 valence electrons. The summed E-state index contributed by atoms with van der Waals surface area (Å²) < 4.78 is 0. The van der Waals surface area contributed by atoms with Crippen molar-refractivity contribution in [3.8, 4) is 0 Å². The van der Waals surface area contributed by atoms with Crippen molar-refractivity contribution in [2.75, 3.05) is 0 Å². The first-order chi connectivity index (χ1) is 6.86. The fraction of sp³-hybridized carbons (Fsp3) is 0. The van der Waals surface area contributed by atoms with E-state index in [1.54, 1.807) is 0 Å². The molecule has 0 radical (unpaired) electrons. The first-order valence-electron chi connectivity index (χ1n) is 4.48. The lowest BCUT2D eigenvalue weighted by Gasteiger charge is -1.91. The summed E-state index contributed by atoms with van der Waals surface area (Å²) in [5, 5.41) is 1.18. The molecule has 2 aromatic rings. The van der Waals surface area contributed by atoms with Crippen molar-refractivity contribution in [1.82, 2.24) is 4.98 Å². The van der Waals surface area contributed by atoms with E-state index in [1.807, 2.05) is 30.4 Å². The molecule has 2 heteroatoms. The third-order valence-electron chi connectivity index (χ3n) is 2.24. The zero-order chi connectivity index (χ0) is 9.97. The van der Waals surface area contributed by atoms with Gasteiger partial charge < -0.3 is 10.7 Å². The molecular weight excluding hydrogens is 172 g/mol. The second-order valence-corrected chi connectivity index (χ2v) is 3.06. The van der Waals surface area contributed by atoms with Gasteiger partial charge in [-0.25, -0.2) is 0 Å². The van der Waals surface area contributed by atoms with Gasteiger partial charge in [-0.2, -0.15) is 0 Å². The van der Waals surface area contributed by atoms with Crippen molar-refractivity contribution in [2.24, 2.45) is 5.73 Å². The van der Waals surface area contributed by atoms with Crippen LogP contribution in [0.15, 0.2) is 37.0 Å². The third-order valence-corrected chi connectivity index (χ3v) is 2.24. The normalized spacial score (nSPS) is 11.1. The second kappa shape index (κ2) is 3.42. The molecule has 2 nitrogen and oxygen atoms in total. The van der Waals surface area contributed by atoms with E-state index in [-0.39, 0.29) is 0 Å². The number of aromatic nitrogens is 1. The third kappa shape index (κ3) is 1.21. The summed E-state index contributed by atoms with van der Waals surface area (Å²) in [4.78, 5) is 3.28. The summed E-state index contributed by atoms with van der Waals surface area (Å²) in [6, 6.07) is 8.12. The maximum atomic E-state index is 5.37. The molecule has 0 saturated carbocycles. The average molecular weight is 184 g/mol. The van der Waals surface area contributed by atoms with Crippen LogP contribution in [0, 0.1) is 0 Å². The van der Waals surface area contributed by atoms with Crippen LogP contribution in [-0.4, -0.2) is 4.98 Å². The molecule has 3 N–H and O–H groups in total. The lowest BCUT2D eigenvalue weighted by Crippen LogP contribution is -1.79. The standard InChI is InChI=1S/C12H12N2/c1-2-9-10-5-3-4-6-11(10)14-12(9)7-8-13/h2-8,14H,1,13H2/b8-7-. The minimum atomic E-state index is 1.00. The van der Waals surface area contributed by atoms with E-state index in [1.165, 1.54) is 11.6 Å². The van der Waals surface area contributed by atoms with Crippen LogP contribution in [0.3, 0.4) is 0 Å². The molecule has 2 rings (SSSR count). The number of hydrogen-bond donors (Lipinski definition) is 2. The summed E-state index contributed by atoms with van der Waals surface area (Å²) in [6.45, 7) is 3.80. The minimum Gasteiger partial charge on any atom is -0.405 e. The zero-order valence-corrected chi connectivity index (χ0v) is 7.83. The molecule has 1 heterocycles. The summed E-state index contributed by atoms with van der Waals surface area (Å²) in [6.07, 6.45) is 5.21. The SMILES string of the molecule is C=Cc1c(/C=C\N)[nH]c2ccccc12. The Hall–Kier alpha value is -1.96. The Morgan fingerprint density at radius 2 is 2.07 bits per heavy atom. The Kier molecular flexibility index (Phi) is 2.11. The molecule has 14 heavy (non-hydrogen) atoms. The molecule has 0 aliphatic heterocycles. The maximum Gasteiger partial charge on any atom is 0.0479 e. The summed E-state index contributed by atoms with van der Waals surface area (Å²) in [5.41, 5.74) is 8.58. The largest absolute Gasteiger partial charge is 0.405 e. The van der Waals surface area contributed by atoms with Crippen LogP contribution in [0.5, 0.6) is 0 Å². The van der Waals surface area contributed by atoms with Crippen molar-refractivity contribution in [2.45, 2.75) is 0 Å². The molecule has 0 aliphatic rings. The van der Waals surface area contributed by atoms with Crippen LogP contribution in [0.1, 0.15) is 11.3 Å². The zero-order valence-electron chi connectivity index (χ0n) is 7.83. The van der Waals surface area contributed by atoms with E-state index in [0.717, 1.165) is 16.8 Å². The fourth-order valence-corrected chi connectivity index (χ4v) is 1.63. The highest BCUT2D eigenvalue weighted by Crippen LogP contribution is 2.23. The van der Waals surface area contributed by atoms with E-state index < -0.39 is 0 Å². The van der Waals surface area contributed by atoms with E-state index >= 15 is 0 Å². The Balaban J connectivity index is 2.78. The van der Waals surface area contributed by atoms with Crippen molar-refractivity contribution in [1.29, 1.82) is 0 Å². The predicted molar refractivity (Wildman–Crippen MR) is 61.6 cm³/mol. The molecule has 1 aromatic heterocycles. The van der Waals surface area contributed by atoms with E-state index in [2.05, 4.69) is 17.6 Å². The van der Waals surface area contributed by atoms with Gasteiger partial charge in [0.1, 0.15) is 0 Å². The predicted octanol–water partition coefficient (Wildman–Crippen LogP) is 2.74. The Morgan fingerprint density at radius 1 is 1.29 bits per heavy atom. The number of nitrogens with two attached hydrogens (primary N) is 1. The number of aromatic amines is 1. The monoisotopic (exact) mass is 184 g/mol. The number of nitrogens with one attached hydrogen (secondary N) is 1. The molecule has 0 atom stereocenters. The van der Waals surface area contributed by atoms with E-state index in [0.29, 0.717) is 0 Å². The van der Waals surface area contributed by atoms with Crippen molar-refractivity contribution in [3.05, 3.63) is 48.3 Å². The van der Waals surface area contributed by atoms with Crippen LogP contribution in [0.2, 0.25) is 0 Å².